The van der Waals surface area contributed by atoms with Gasteiger partial charge in [0.25, 0.3) is 0 Å². The zero-order valence-electron chi connectivity index (χ0n) is 31.1. The molecule has 2 aliphatic rings. The molecule has 2 nitrogen and oxygen atoms in total. The summed E-state index contributed by atoms with van der Waals surface area (Å²) in [6, 6.07) is 36.4. The van der Waals surface area contributed by atoms with Gasteiger partial charge in [-0.3, -0.25) is 0 Å². The van der Waals surface area contributed by atoms with Gasteiger partial charge in [-0.2, -0.15) is 0 Å². The number of fused-ring (bicyclic) bond motifs is 12. The Morgan fingerprint density at radius 3 is 1.88 bits per heavy atom. The van der Waals surface area contributed by atoms with Crippen LogP contribution >= 0.6 is 0 Å². The molecule has 248 valence electrons. The lowest BCUT2D eigenvalue weighted by molar-refractivity contribution is 0.591. The van der Waals surface area contributed by atoms with Crippen molar-refractivity contribution in [2.24, 2.45) is 0 Å². The van der Waals surface area contributed by atoms with Crippen molar-refractivity contribution in [1.29, 1.82) is 0 Å². The lowest BCUT2D eigenvalue weighted by Gasteiger charge is -2.36. The molecule has 0 atom stereocenters. The van der Waals surface area contributed by atoms with Crippen molar-refractivity contribution in [3.05, 3.63) is 124 Å². The predicted molar refractivity (Wildman–Crippen MR) is 226 cm³/mol. The minimum Gasteiger partial charge on any atom is -0.375 e. The van der Waals surface area contributed by atoms with Crippen molar-refractivity contribution < 1.29 is 0 Å². The van der Waals surface area contributed by atoms with Gasteiger partial charge in [0, 0.05) is 48.9 Å². The highest BCUT2D eigenvalue weighted by molar-refractivity contribution is 6.90. The monoisotopic (exact) mass is 666 g/mol. The zero-order chi connectivity index (χ0) is 35.3. The fourth-order valence-corrected chi connectivity index (χ4v) is 10.8. The van der Waals surface area contributed by atoms with E-state index in [1.807, 2.05) is 0 Å². The van der Waals surface area contributed by atoms with E-state index in [0.29, 0.717) is 0 Å². The summed E-state index contributed by atoms with van der Waals surface area (Å²) in [5.41, 5.74) is 20.4. The number of benzene rings is 8. The number of nitrogens with zero attached hydrogens (tertiary/aromatic N) is 2. The van der Waals surface area contributed by atoms with Crippen LogP contribution in [0, 0.1) is 34.6 Å². The molecule has 2 aromatic heterocycles. The molecule has 0 unspecified atom stereocenters. The van der Waals surface area contributed by atoms with E-state index in [2.05, 4.69) is 155 Å². The number of aromatic nitrogens is 2. The molecule has 0 aliphatic carbocycles. The highest BCUT2D eigenvalue weighted by Gasteiger charge is 2.43. The van der Waals surface area contributed by atoms with Crippen molar-refractivity contribution in [3.63, 3.8) is 0 Å². The van der Waals surface area contributed by atoms with E-state index in [0.717, 1.165) is 0 Å². The molecular formula is C49H39BN2. The Morgan fingerprint density at radius 1 is 0.519 bits per heavy atom. The summed E-state index contributed by atoms with van der Waals surface area (Å²) in [6.07, 6.45) is 0. The SMILES string of the molecule is Cc1ccc2c(c1)c1cc(C)cc3c1n2B1c2c-3c3ccc4cc(C(C)(C)C)cc5ccc(c2-n2c6c(C)cc(C)cc6c6cc(C)cc1c62)c3c45. The molecule has 4 heterocycles. The van der Waals surface area contributed by atoms with Crippen LogP contribution in [0.1, 0.15) is 54.2 Å². The summed E-state index contributed by atoms with van der Waals surface area (Å²) in [5, 5.41) is 13.6. The Bertz CT molecular complexity index is 3310. The first-order valence-electron chi connectivity index (χ1n) is 18.9. The molecule has 0 radical (unpaired) electrons. The summed E-state index contributed by atoms with van der Waals surface area (Å²) in [6.45, 7) is 18.4. The quantitative estimate of drug-likeness (QED) is 0.113. The van der Waals surface area contributed by atoms with Gasteiger partial charge in [0.1, 0.15) is 0 Å². The number of hydrogen-bond acceptors (Lipinski definition) is 0. The number of aryl methyl sites for hydroxylation is 5. The first-order valence-corrected chi connectivity index (χ1v) is 18.9. The molecule has 0 N–H and O–H groups in total. The molecule has 0 saturated heterocycles. The summed E-state index contributed by atoms with van der Waals surface area (Å²) in [4.78, 5) is 0. The third-order valence-corrected chi connectivity index (χ3v) is 12.7. The van der Waals surface area contributed by atoms with Crippen LogP contribution in [0.4, 0.5) is 0 Å². The third kappa shape index (κ3) is 3.30. The molecule has 0 bridgehead atoms. The molecular weight excluding hydrogens is 627 g/mol. The van der Waals surface area contributed by atoms with E-state index in [9.17, 15) is 0 Å². The minimum absolute atomic E-state index is 0.0398. The topological polar surface area (TPSA) is 9.86 Å². The summed E-state index contributed by atoms with van der Waals surface area (Å²) < 4.78 is 5.43. The predicted octanol–water partition coefficient (Wildman–Crippen LogP) is 11.6. The summed E-state index contributed by atoms with van der Waals surface area (Å²) in [7, 11) is 0. The average Bonchev–Trinajstić information content (AvgIpc) is 3.59. The first-order chi connectivity index (χ1) is 25.0. The second-order valence-electron chi connectivity index (χ2n) is 17.4. The fraction of sp³-hybridized carbons (Fsp3) is 0.184. The van der Waals surface area contributed by atoms with E-state index in [1.54, 1.807) is 0 Å². The minimum atomic E-state index is 0.0398. The molecule has 52 heavy (non-hydrogen) atoms. The second kappa shape index (κ2) is 9.09. The van der Waals surface area contributed by atoms with Gasteiger partial charge in [-0.25, -0.2) is 0 Å². The van der Waals surface area contributed by atoms with Crippen molar-refractivity contribution in [3.8, 4) is 16.8 Å². The van der Waals surface area contributed by atoms with Crippen LogP contribution in [0.2, 0.25) is 0 Å². The lowest BCUT2D eigenvalue weighted by Crippen LogP contribution is -2.55. The van der Waals surface area contributed by atoms with Crippen LogP contribution in [0.25, 0.3) is 92.7 Å². The molecule has 12 rings (SSSR count). The largest absolute Gasteiger partial charge is 0.375 e. The Hall–Kier alpha value is -5.54. The summed E-state index contributed by atoms with van der Waals surface area (Å²) in [5.74, 6) is 0. The van der Waals surface area contributed by atoms with Crippen molar-refractivity contribution in [1.82, 2.24) is 9.05 Å². The molecule has 3 heteroatoms. The van der Waals surface area contributed by atoms with Crippen molar-refractivity contribution in [2.45, 2.75) is 60.8 Å². The van der Waals surface area contributed by atoms with Gasteiger partial charge >= 0.3 is 6.85 Å². The lowest BCUT2D eigenvalue weighted by atomic mass is 9.45. The van der Waals surface area contributed by atoms with Crippen LogP contribution in [0.5, 0.6) is 0 Å². The van der Waals surface area contributed by atoms with E-state index >= 15 is 0 Å². The van der Waals surface area contributed by atoms with Crippen LogP contribution < -0.4 is 10.9 Å². The third-order valence-electron chi connectivity index (χ3n) is 12.7. The maximum atomic E-state index is 2.73. The maximum Gasteiger partial charge on any atom is 0.333 e. The molecule has 8 aromatic carbocycles. The Morgan fingerprint density at radius 2 is 1.15 bits per heavy atom. The second-order valence-corrected chi connectivity index (χ2v) is 17.4. The Kier molecular flexibility index (Phi) is 5.08. The smallest absolute Gasteiger partial charge is 0.333 e. The summed E-state index contributed by atoms with van der Waals surface area (Å²) >= 11 is 0. The van der Waals surface area contributed by atoms with Gasteiger partial charge in [-0.1, -0.05) is 92.1 Å². The number of hydrogen-bond donors (Lipinski definition) is 0. The molecule has 0 spiro atoms. The van der Waals surface area contributed by atoms with Gasteiger partial charge in [0.05, 0.1) is 16.7 Å². The van der Waals surface area contributed by atoms with Crippen LogP contribution in [0.3, 0.4) is 0 Å². The van der Waals surface area contributed by atoms with Crippen molar-refractivity contribution >= 4 is 93.7 Å². The zero-order valence-corrected chi connectivity index (χ0v) is 31.1. The van der Waals surface area contributed by atoms with E-state index in [1.165, 1.54) is 137 Å². The average molecular weight is 667 g/mol. The standard InChI is InChI=1S/C49H39BN2/c1-24-9-14-40-34(16-24)35-18-26(3)20-38-43-32-12-10-29-22-31(49(6,7)8)23-30-11-13-33(42(32)41(29)30)48-44(43)50(52(40)46(35)38)39-21-27(4)19-37-36-17-25(2)15-28(5)45(36)51(48)47(37)39/h9-23H,1-8H3. The number of rotatable bonds is 0. The highest BCUT2D eigenvalue weighted by atomic mass is 15.0. The van der Waals surface area contributed by atoms with E-state index in [4.69, 9.17) is 0 Å². The van der Waals surface area contributed by atoms with Crippen LogP contribution in [-0.4, -0.2) is 15.9 Å². The Labute approximate surface area is 303 Å². The maximum absolute atomic E-state index is 2.73. The normalized spacial score (nSPS) is 13.7. The molecule has 0 amide bonds. The molecule has 0 saturated carbocycles. The van der Waals surface area contributed by atoms with Crippen LogP contribution in [0.15, 0.2) is 91.0 Å². The molecule has 0 fully saturated rings. The van der Waals surface area contributed by atoms with Gasteiger partial charge in [0.15, 0.2) is 0 Å². The highest BCUT2D eigenvalue weighted by Crippen LogP contribution is 2.50. The van der Waals surface area contributed by atoms with E-state index in [-0.39, 0.29) is 12.3 Å². The van der Waals surface area contributed by atoms with Gasteiger partial charge in [0.2, 0.25) is 0 Å². The fourth-order valence-electron chi connectivity index (χ4n) is 10.8. The van der Waals surface area contributed by atoms with Gasteiger partial charge < -0.3 is 9.05 Å². The Balaban J connectivity index is 1.41. The molecule has 2 aliphatic heterocycles. The first kappa shape index (κ1) is 29.1. The molecule has 10 aromatic rings. The van der Waals surface area contributed by atoms with Crippen molar-refractivity contribution in [2.75, 3.05) is 0 Å². The van der Waals surface area contributed by atoms with Crippen LogP contribution in [-0.2, 0) is 5.41 Å². The van der Waals surface area contributed by atoms with Gasteiger partial charge in [-0.05, 0) is 131 Å². The van der Waals surface area contributed by atoms with Gasteiger partial charge in [-0.15, -0.1) is 0 Å². The van der Waals surface area contributed by atoms with E-state index < -0.39 is 0 Å².